The first-order valence-electron chi connectivity index (χ1n) is 7.40. The van der Waals surface area contributed by atoms with Gasteiger partial charge in [-0.25, -0.2) is 4.98 Å². The number of fused-ring (bicyclic) bond motifs is 1. The van der Waals surface area contributed by atoms with E-state index in [1.165, 1.54) is 0 Å². The van der Waals surface area contributed by atoms with Crippen LogP contribution in [0.5, 0.6) is 5.75 Å². The average molecular weight is 381 g/mol. The first-order chi connectivity index (χ1) is 11.7. The highest BCUT2D eigenvalue weighted by atomic mass is 79.9. The molecule has 0 N–H and O–H groups in total. The molecule has 0 bridgehead atoms. The lowest BCUT2D eigenvalue weighted by molar-refractivity contribution is 0.416. The molecule has 4 nitrogen and oxygen atoms in total. The van der Waals surface area contributed by atoms with Crippen LogP contribution in [0.2, 0.25) is 0 Å². The molecule has 0 saturated carbocycles. The van der Waals surface area contributed by atoms with Gasteiger partial charge in [0.1, 0.15) is 11.3 Å². The topological polar surface area (TPSA) is 48.2 Å². The number of rotatable bonds is 3. The molecular weight excluding hydrogens is 368 g/mol. The van der Waals surface area contributed by atoms with Gasteiger partial charge in [-0.3, -0.25) is 4.98 Å². The van der Waals surface area contributed by atoms with E-state index in [0.29, 0.717) is 5.89 Å². The van der Waals surface area contributed by atoms with Gasteiger partial charge in [-0.15, -0.1) is 0 Å². The van der Waals surface area contributed by atoms with E-state index in [9.17, 15) is 0 Å². The van der Waals surface area contributed by atoms with Crippen molar-refractivity contribution in [1.29, 1.82) is 0 Å². The van der Waals surface area contributed by atoms with Crippen LogP contribution < -0.4 is 4.74 Å². The molecule has 118 valence electrons. The zero-order valence-corrected chi connectivity index (χ0v) is 14.4. The van der Waals surface area contributed by atoms with E-state index < -0.39 is 0 Å². The van der Waals surface area contributed by atoms with E-state index in [-0.39, 0.29) is 0 Å². The first-order valence-corrected chi connectivity index (χ1v) is 8.20. The molecule has 24 heavy (non-hydrogen) atoms. The van der Waals surface area contributed by atoms with Crippen LogP contribution in [-0.4, -0.2) is 17.1 Å². The van der Waals surface area contributed by atoms with Crippen LogP contribution in [0.15, 0.2) is 69.7 Å². The summed E-state index contributed by atoms with van der Waals surface area (Å²) in [5.74, 6) is 1.30. The molecule has 0 amide bonds. The smallest absolute Gasteiger partial charge is 0.227 e. The molecule has 2 aromatic carbocycles. The van der Waals surface area contributed by atoms with Gasteiger partial charge in [-0.2, -0.15) is 0 Å². The number of ether oxygens (including phenoxy) is 1. The Morgan fingerprint density at radius 1 is 1.04 bits per heavy atom. The standard InChI is InChI=1S/C19H13BrN2O2/c1-23-18-10-12(5-7-14(18)15-4-2-3-9-21-15)19-22-16-11-13(20)6-8-17(16)24-19/h2-11H,1H3. The lowest BCUT2D eigenvalue weighted by Gasteiger charge is -2.09. The molecule has 2 heterocycles. The van der Waals surface area contributed by atoms with Crippen molar-refractivity contribution >= 4 is 27.0 Å². The van der Waals surface area contributed by atoms with Crippen molar-refractivity contribution in [2.24, 2.45) is 0 Å². The molecule has 0 spiro atoms. The number of aromatic nitrogens is 2. The molecule has 0 radical (unpaired) electrons. The molecule has 4 aromatic rings. The first kappa shape index (κ1) is 14.9. The molecule has 0 saturated heterocycles. The molecule has 0 atom stereocenters. The fourth-order valence-corrected chi connectivity index (χ4v) is 2.93. The van der Waals surface area contributed by atoms with Gasteiger partial charge in [-0.05, 0) is 48.5 Å². The van der Waals surface area contributed by atoms with Crippen LogP contribution in [0.3, 0.4) is 0 Å². The van der Waals surface area contributed by atoms with Gasteiger partial charge in [-0.1, -0.05) is 22.0 Å². The van der Waals surface area contributed by atoms with Crippen molar-refractivity contribution in [3.63, 3.8) is 0 Å². The third kappa shape index (κ3) is 2.67. The minimum Gasteiger partial charge on any atom is -0.496 e. The number of halogens is 1. The summed E-state index contributed by atoms with van der Waals surface area (Å²) in [7, 11) is 1.65. The minimum atomic E-state index is 0.564. The number of hydrogen-bond donors (Lipinski definition) is 0. The predicted molar refractivity (Wildman–Crippen MR) is 96.9 cm³/mol. The summed E-state index contributed by atoms with van der Waals surface area (Å²) in [4.78, 5) is 8.93. The zero-order valence-electron chi connectivity index (χ0n) is 12.9. The van der Waals surface area contributed by atoms with Crippen LogP contribution in [0.4, 0.5) is 0 Å². The Hall–Kier alpha value is -2.66. The fourth-order valence-electron chi connectivity index (χ4n) is 2.58. The maximum absolute atomic E-state index is 5.85. The quantitative estimate of drug-likeness (QED) is 0.481. The number of pyridine rings is 1. The summed E-state index contributed by atoms with van der Waals surface area (Å²) in [5.41, 5.74) is 4.22. The number of oxazole rings is 1. The van der Waals surface area contributed by atoms with E-state index in [4.69, 9.17) is 9.15 Å². The SMILES string of the molecule is COc1cc(-c2nc3cc(Br)ccc3o2)ccc1-c1ccccn1. The Balaban J connectivity index is 1.81. The number of nitrogens with zero attached hydrogens (tertiary/aromatic N) is 2. The molecule has 5 heteroatoms. The van der Waals surface area contributed by atoms with Crippen molar-refractivity contribution < 1.29 is 9.15 Å². The van der Waals surface area contributed by atoms with E-state index >= 15 is 0 Å². The minimum absolute atomic E-state index is 0.564. The number of methoxy groups -OCH3 is 1. The highest BCUT2D eigenvalue weighted by Gasteiger charge is 2.13. The molecular formula is C19H13BrN2O2. The molecule has 0 aliphatic rings. The van der Waals surface area contributed by atoms with Gasteiger partial charge in [0.2, 0.25) is 5.89 Å². The second kappa shape index (κ2) is 6.09. The summed E-state index contributed by atoms with van der Waals surface area (Å²) < 4.78 is 12.4. The largest absolute Gasteiger partial charge is 0.496 e. The highest BCUT2D eigenvalue weighted by Crippen LogP contribution is 2.34. The Morgan fingerprint density at radius 2 is 1.96 bits per heavy atom. The third-order valence-corrected chi connectivity index (χ3v) is 4.23. The van der Waals surface area contributed by atoms with Crippen molar-refractivity contribution in [2.45, 2.75) is 0 Å². The van der Waals surface area contributed by atoms with Crippen molar-refractivity contribution in [2.75, 3.05) is 7.11 Å². The monoisotopic (exact) mass is 380 g/mol. The van der Waals surface area contributed by atoms with Crippen molar-refractivity contribution in [3.8, 4) is 28.5 Å². The van der Waals surface area contributed by atoms with Gasteiger partial charge >= 0.3 is 0 Å². The predicted octanol–water partition coefficient (Wildman–Crippen LogP) is 5.33. The van der Waals surface area contributed by atoms with E-state index in [1.807, 2.05) is 54.6 Å². The van der Waals surface area contributed by atoms with Crippen LogP contribution in [-0.2, 0) is 0 Å². The second-order valence-electron chi connectivity index (χ2n) is 5.26. The average Bonchev–Trinajstić information content (AvgIpc) is 3.05. The van der Waals surface area contributed by atoms with E-state index in [1.54, 1.807) is 13.3 Å². The summed E-state index contributed by atoms with van der Waals surface area (Å²) >= 11 is 3.45. The maximum Gasteiger partial charge on any atom is 0.227 e. The Kier molecular flexibility index (Phi) is 3.78. The normalized spacial score (nSPS) is 10.9. The fraction of sp³-hybridized carbons (Fsp3) is 0.0526. The highest BCUT2D eigenvalue weighted by molar-refractivity contribution is 9.10. The molecule has 4 rings (SSSR count). The van der Waals surface area contributed by atoms with Gasteiger partial charge in [0.15, 0.2) is 5.58 Å². The summed E-state index contributed by atoms with van der Waals surface area (Å²) in [5, 5.41) is 0. The number of benzene rings is 2. The summed E-state index contributed by atoms with van der Waals surface area (Å²) in [6, 6.07) is 17.4. The molecule has 0 fully saturated rings. The van der Waals surface area contributed by atoms with Crippen LogP contribution >= 0.6 is 15.9 Å². The van der Waals surface area contributed by atoms with E-state index in [2.05, 4.69) is 25.9 Å². The van der Waals surface area contributed by atoms with Gasteiger partial charge in [0.25, 0.3) is 0 Å². The van der Waals surface area contributed by atoms with Gasteiger partial charge in [0.05, 0.1) is 12.8 Å². The summed E-state index contributed by atoms with van der Waals surface area (Å²) in [6.07, 6.45) is 1.77. The lowest BCUT2D eigenvalue weighted by atomic mass is 10.1. The lowest BCUT2D eigenvalue weighted by Crippen LogP contribution is -1.91. The zero-order chi connectivity index (χ0) is 16.5. The van der Waals surface area contributed by atoms with Crippen LogP contribution in [0.1, 0.15) is 0 Å². The molecule has 0 unspecified atom stereocenters. The third-order valence-electron chi connectivity index (χ3n) is 3.74. The maximum atomic E-state index is 5.85. The molecule has 0 aliphatic carbocycles. The van der Waals surface area contributed by atoms with Gasteiger partial charge < -0.3 is 9.15 Å². The summed E-state index contributed by atoms with van der Waals surface area (Å²) in [6.45, 7) is 0. The van der Waals surface area contributed by atoms with Crippen molar-refractivity contribution in [3.05, 3.63) is 65.3 Å². The van der Waals surface area contributed by atoms with Crippen molar-refractivity contribution in [1.82, 2.24) is 9.97 Å². The Bertz CT molecular complexity index is 1010. The van der Waals surface area contributed by atoms with Crippen LogP contribution in [0.25, 0.3) is 33.8 Å². The second-order valence-corrected chi connectivity index (χ2v) is 6.18. The Morgan fingerprint density at radius 3 is 2.75 bits per heavy atom. The van der Waals surface area contributed by atoms with Crippen LogP contribution in [0, 0.1) is 0 Å². The van der Waals surface area contributed by atoms with E-state index in [0.717, 1.165) is 38.1 Å². The Labute approximate surface area is 147 Å². The molecule has 0 aliphatic heterocycles. The molecule has 2 aromatic heterocycles. The number of hydrogen-bond acceptors (Lipinski definition) is 4. The van der Waals surface area contributed by atoms with Gasteiger partial charge in [0, 0.05) is 21.8 Å².